The Morgan fingerprint density at radius 1 is 1.39 bits per heavy atom. The number of carboxylic acid groups (broad SMARTS) is 1. The molecule has 0 aliphatic carbocycles. The first-order valence-electron chi connectivity index (χ1n) is 5.14. The van der Waals surface area contributed by atoms with Crippen molar-refractivity contribution in [1.29, 1.82) is 0 Å². The Morgan fingerprint density at radius 3 is 2.61 bits per heavy atom. The van der Waals surface area contributed by atoms with Gasteiger partial charge in [-0.2, -0.15) is 5.10 Å². The lowest BCUT2D eigenvalue weighted by atomic mass is 10.2. The summed E-state index contributed by atoms with van der Waals surface area (Å²) in [5.41, 5.74) is 0.303. The number of H-pyrrole nitrogens is 1. The van der Waals surface area contributed by atoms with Crippen molar-refractivity contribution in [2.24, 2.45) is 0 Å². The Balaban J connectivity index is 2.16. The van der Waals surface area contributed by atoms with E-state index >= 15 is 0 Å². The molecule has 2 rings (SSSR count). The molecule has 94 valence electrons. The molecule has 0 aliphatic heterocycles. The number of furan rings is 1. The van der Waals surface area contributed by atoms with Crippen LogP contribution in [0.2, 0.25) is 0 Å². The van der Waals surface area contributed by atoms with Crippen LogP contribution in [0.4, 0.5) is 5.82 Å². The molecule has 0 fully saturated rings. The second kappa shape index (κ2) is 4.36. The Hall–Kier alpha value is -2.57. The molecular formula is C11H11N3O4. The van der Waals surface area contributed by atoms with Crippen LogP contribution < -0.4 is 5.32 Å². The minimum Gasteiger partial charge on any atom is -0.477 e. The normalized spacial score (nSPS) is 10.3. The van der Waals surface area contributed by atoms with Gasteiger partial charge in [-0.15, -0.1) is 0 Å². The summed E-state index contributed by atoms with van der Waals surface area (Å²) >= 11 is 0. The summed E-state index contributed by atoms with van der Waals surface area (Å²) in [6.07, 6.45) is 0. The largest absolute Gasteiger partial charge is 0.477 e. The molecule has 0 unspecified atom stereocenters. The standard InChI is InChI=1S/C11H11N3O4/c1-5-3-7(6(2)18-5)10(15)12-9-4-8(11(16)17)13-14-9/h3-4H,1-2H3,(H,16,17)(H2,12,13,14,15). The molecule has 7 heteroatoms. The zero-order valence-corrected chi connectivity index (χ0v) is 9.77. The zero-order valence-electron chi connectivity index (χ0n) is 9.77. The fourth-order valence-electron chi connectivity index (χ4n) is 1.54. The minimum atomic E-state index is -1.14. The number of anilines is 1. The summed E-state index contributed by atoms with van der Waals surface area (Å²) in [7, 11) is 0. The Kier molecular flexibility index (Phi) is 2.88. The van der Waals surface area contributed by atoms with Gasteiger partial charge in [0.15, 0.2) is 5.82 Å². The number of aryl methyl sites for hydroxylation is 2. The average Bonchev–Trinajstić information content (AvgIpc) is 2.85. The van der Waals surface area contributed by atoms with E-state index < -0.39 is 11.9 Å². The van der Waals surface area contributed by atoms with Crippen LogP contribution >= 0.6 is 0 Å². The van der Waals surface area contributed by atoms with E-state index in [2.05, 4.69) is 15.5 Å². The molecule has 0 saturated heterocycles. The number of aromatic carboxylic acids is 1. The summed E-state index contributed by atoms with van der Waals surface area (Å²) in [6, 6.07) is 2.85. The highest BCUT2D eigenvalue weighted by Gasteiger charge is 2.15. The number of aromatic amines is 1. The van der Waals surface area contributed by atoms with E-state index in [1.54, 1.807) is 19.9 Å². The van der Waals surface area contributed by atoms with E-state index in [0.717, 1.165) is 0 Å². The number of nitrogens with zero attached hydrogens (tertiary/aromatic N) is 1. The third kappa shape index (κ3) is 2.24. The van der Waals surface area contributed by atoms with Crippen LogP contribution in [0.15, 0.2) is 16.5 Å². The average molecular weight is 249 g/mol. The van der Waals surface area contributed by atoms with E-state index in [4.69, 9.17) is 9.52 Å². The molecule has 1 amide bonds. The fourth-order valence-corrected chi connectivity index (χ4v) is 1.54. The van der Waals surface area contributed by atoms with Gasteiger partial charge in [0.1, 0.15) is 17.2 Å². The topological polar surface area (TPSA) is 108 Å². The number of carbonyl (C=O) groups excluding carboxylic acids is 1. The maximum absolute atomic E-state index is 11.9. The van der Waals surface area contributed by atoms with Crippen LogP contribution in [0.3, 0.4) is 0 Å². The third-order valence-corrected chi connectivity index (χ3v) is 2.34. The summed E-state index contributed by atoms with van der Waals surface area (Å²) in [6.45, 7) is 3.41. The summed E-state index contributed by atoms with van der Waals surface area (Å²) < 4.78 is 5.23. The number of amides is 1. The number of nitrogens with one attached hydrogen (secondary N) is 2. The van der Waals surface area contributed by atoms with E-state index in [9.17, 15) is 9.59 Å². The molecule has 0 atom stereocenters. The van der Waals surface area contributed by atoms with Gasteiger partial charge in [-0.05, 0) is 19.9 Å². The van der Waals surface area contributed by atoms with Gasteiger partial charge >= 0.3 is 5.97 Å². The van der Waals surface area contributed by atoms with Gasteiger partial charge in [0.25, 0.3) is 5.91 Å². The predicted octanol–water partition coefficient (Wildman–Crippen LogP) is 1.57. The monoisotopic (exact) mass is 249 g/mol. The van der Waals surface area contributed by atoms with Crippen molar-refractivity contribution in [3.63, 3.8) is 0 Å². The molecule has 2 heterocycles. The number of carbonyl (C=O) groups is 2. The first-order valence-corrected chi connectivity index (χ1v) is 5.14. The molecule has 0 saturated carbocycles. The zero-order chi connectivity index (χ0) is 13.3. The predicted molar refractivity (Wildman–Crippen MR) is 61.7 cm³/mol. The van der Waals surface area contributed by atoms with Crippen molar-refractivity contribution in [3.05, 3.63) is 34.9 Å². The summed E-state index contributed by atoms with van der Waals surface area (Å²) in [5, 5.41) is 17.1. The first-order chi connectivity index (χ1) is 8.47. The second-order valence-corrected chi connectivity index (χ2v) is 3.75. The highest BCUT2D eigenvalue weighted by Crippen LogP contribution is 2.15. The van der Waals surface area contributed by atoms with Gasteiger partial charge < -0.3 is 14.8 Å². The molecule has 0 bridgehead atoms. The van der Waals surface area contributed by atoms with E-state index in [-0.39, 0.29) is 11.5 Å². The number of carboxylic acids is 1. The molecule has 3 N–H and O–H groups in total. The number of rotatable bonds is 3. The van der Waals surface area contributed by atoms with Crippen molar-refractivity contribution < 1.29 is 19.1 Å². The maximum Gasteiger partial charge on any atom is 0.353 e. The van der Waals surface area contributed by atoms with E-state index in [0.29, 0.717) is 17.1 Å². The van der Waals surface area contributed by atoms with E-state index in [1.165, 1.54) is 6.07 Å². The van der Waals surface area contributed by atoms with Gasteiger partial charge in [0, 0.05) is 6.07 Å². The molecular weight excluding hydrogens is 238 g/mol. The number of aromatic nitrogens is 2. The fraction of sp³-hybridized carbons (Fsp3) is 0.182. The van der Waals surface area contributed by atoms with Crippen molar-refractivity contribution in [2.75, 3.05) is 5.32 Å². The summed E-state index contributed by atoms with van der Waals surface area (Å²) in [5.74, 6) is -0.258. The van der Waals surface area contributed by atoms with Crippen LogP contribution in [-0.2, 0) is 0 Å². The number of hydrogen-bond acceptors (Lipinski definition) is 4. The van der Waals surface area contributed by atoms with Crippen LogP contribution in [0.5, 0.6) is 0 Å². The lowest BCUT2D eigenvalue weighted by Crippen LogP contribution is -2.12. The molecule has 2 aromatic rings. The van der Waals surface area contributed by atoms with Crippen molar-refractivity contribution in [3.8, 4) is 0 Å². The molecule has 18 heavy (non-hydrogen) atoms. The smallest absolute Gasteiger partial charge is 0.353 e. The van der Waals surface area contributed by atoms with Crippen molar-refractivity contribution >= 4 is 17.7 Å². The summed E-state index contributed by atoms with van der Waals surface area (Å²) in [4.78, 5) is 22.5. The first kappa shape index (κ1) is 11.9. The van der Waals surface area contributed by atoms with Gasteiger partial charge in [-0.25, -0.2) is 4.79 Å². The van der Waals surface area contributed by atoms with Crippen LogP contribution in [0, 0.1) is 13.8 Å². The van der Waals surface area contributed by atoms with E-state index in [1.807, 2.05) is 0 Å². The third-order valence-electron chi connectivity index (χ3n) is 2.34. The number of hydrogen-bond donors (Lipinski definition) is 3. The van der Waals surface area contributed by atoms with Gasteiger partial charge in [-0.3, -0.25) is 9.89 Å². The molecule has 7 nitrogen and oxygen atoms in total. The molecule has 0 radical (unpaired) electrons. The van der Waals surface area contributed by atoms with Crippen molar-refractivity contribution in [1.82, 2.24) is 10.2 Å². The van der Waals surface area contributed by atoms with Crippen LogP contribution in [0.1, 0.15) is 32.4 Å². The highest BCUT2D eigenvalue weighted by atomic mass is 16.4. The molecule has 0 aromatic carbocycles. The Morgan fingerprint density at radius 2 is 2.11 bits per heavy atom. The van der Waals surface area contributed by atoms with Gasteiger partial charge in [0.05, 0.1) is 5.56 Å². The van der Waals surface area contributed by atoms with Crippen LogP contribution in [0.25, 0.3) is 0 Å². The Labute approximate surface area is 102 Å². The molecule has 0 aliphatic rings. The quantitative estimate of drug-likeness (QED) is 0.765. The van der Waals surface area contributed by atoms with Crippen molar-refractivity contribution in [2.45, 2.75) is 13.8 Å². The van der Waals surface area contributed by atoms with Crippen LogP contribution in [-0.4, -0.2) is 27.2 Å². The second-order valence-electron chi connectivity index (χ2n) is 3.75. The SMILES string of the molecule is Cc1cc(C(=O)Nc2cc(C(=O)O)[nH]n2)c(C)o1. The minimum absolute atomic E-state index is 0.0922. The van der Waals surface area contributed by atoms with Gasteiger partial charge in [-0.1, -0.05) is 0 Å². The lowest BCUT2D eigenvalue weighted by molar-refractivity contribution is 0.0690. The molecule has 0 spiro atoms. The lowest BCUT2D eigenvalue weighted by Gasteiger charge is -1.98. The highest BCUT2D eigenvalue weighted by molar-refractivity contribution is 6.04. The van der Waals surface area contributed by atoms with Gasteiger partial charge in [0.2, 0.25) is 0 Å². The Bertz CT molecular complexity index is 612. The maximum atomic E-state index is 11.9. The molecule has 2 aromatic heterocycles.